The molecule has 0 saturated carbocycles. The van der Waals surface area contributed by atoms with Crippen LogP contribution in [0.3, 0.4) is 0 Å². The zero-order valence-corrected chi connectivity index (χ0v) is 10.4. The van der Waals surface area contributed by atoms with Gasteiger partial charge >= 0.3 is 0 Å². The molecule has 0 N–H and O–H groups in total. The number of fused-ring (bicyclic) bond motifs is 2. The quantitative estimate of drug-likeness (QED) is 0.657. The lowest BCUT2D eigenvalue weighted by atomic mass is 9.82. The minimum absolute atomic E-state index is 0.270. The SMILES string of the molecule is CC1(C)CC(C)(C)c2cn3ccnc3cc21. The molecule has 2 heterocycles. The van der Waals surface area contributed by atoms with Crippen LogP contribution in [0.15, 0.2) is 24.7 Å². The second-order valence-corrected chi connectivity index (χ2v) is 6.24. The van der Waals surface area contributed by atoms with E-state index in [4.69, 9.17) is 0 Å². The van der Waals surface area contributed by atoms with Gasteiger partial charge in [0.25, 0.3) is 0 Å². The molecule has 0 radical (unpaired) electrons. The molecule has 2 aromatic heterocycles. The van der Waals surface area contributed by atoms with Crippen LogP contribution in [0.1, 0.15) is 45.2 Å². The van der Waals surface area contributed by atoms with Crippen LogP contribution >= 0.6 is 0 Å². The summed E-state index contributed by atoms with van der Waals surface area (Å²) in [6.07, 6.45) is 7.36. The fourth-order valence-electron chi connectivity index (χ4n) is 3.36. The number of rotatable bonds is 0. The first-order valence-electron chi connectivity index (χ1n) is 5.88. The molecule has 2 nitrogen and oxygen atoms in total. The van der Waals surface area contributed by atoms with Gasteiger partial charge in [-0.3, -0.25) is 0 Å². The molecule has 0 bridgehead atoms. The Labute approximate surface area is 96.3 Å². The van der Waals surface area contributed by atoms with E-state index >= 15 is 0 Å². The van der Waals surface area contributed by atoms with Gasteiger partial charge in [0.1, 0.15) is 5.65 Å². The van der Waals surface area contributed by atoms with Crippen LogP contribution < -0.4 is 0 Å². The highest BCUT2D eigenvalue weighted by Crippen LogP contribution is 2.49. The smallest absolute Gasteiger partial charge is 0.136 e. The maximum atomic E-state index is 4.37. The molecule has 2 aromatic rings. The Bertz CT molecular complexity index is 513. The molecule has 84 valence electrons. The van der Waals surface area contributed by atoms with Crippen molar-refractivity contribution in [2.45, 2.75) is 44.9 Å². The molecule has 2 heteroatoms. The van der Waals surface area contributed by atoms with E-state index in [1.54, 1.807) is 0 Å². The number of hydrogen-bond acceptors (Lipinski definition) is 1. The summed E-state index contributed by atoms with van der Waals surface area (Å²) in [4.78, 5) is 4.37. The molecule has 0 aliphatic heterocycles. The van der Waals surface area contributed by atoms with Gasteiger partial charge in [-0.15, -0.1) is 0 Å². The van der Waals surface area contributed by atoms with Crippen molar-refractivity contribution in [2.24, 2.45) is 0 Å². The Kier molecular flexibility index (Phi) is 1.65. The van der Waals surface area contributed by atoms with Crippen LogP contribution in [0.25, 0.3) is 5.65 Å². The summed E-state index contributed by atoms with van der Waals surface area (Å²) in [7, 11) is 0. The molecule has 1 aliphatic carbocycles. The first-order chi connectivity index (χ1) is 7.40. The van der Waals surface area contributed by atoms with Crippen molar-refractivity contribution in [3.8, 4) is 0 Å². The fraction of sp³-hybridized carbons (Fsp3) is 0.500. The maximum absolute atomic E-state index is 4.37. The van der Waals surface area contributed by atoms with Crippen molar-refractivity contribution in [3.05, 3.63) is 35.8 Å². The number of pyridine rings is 1. The zero-order valence-electron chi connectivity index (χ0n) is 10.4. The largest absolute Gasteiger partial charge is 0.307 e. The molecule has 3 rings (SSSR count). The topological polar surface area (TPSA) is 17.3 Å². The first kappa shape index (κ1) is 9.88. The van der Waals surface area contributed by atoms with Gasteiger partial charge in [0.2, 0.25) is 0 Å². The number of hydrogen-bond donors (Lipinski definition) is 0. The zero-order chi connectivity index (χ0) is 11.6. The average Bonchev–Trinajstić information content (AvgIpc) is 2.66. The second-order valence-electron chi connectivity index (χ2n) is 6.24. The lowest BCUT2D eigenvalue weighted by Crippen LogP contribution is -2.18. The van der Waals surface area contributed by atoms with Crippen molar-refractivity contribution in [2.75, 3.05) is 0 Å². The maximum Gasteiger partial charge on any atom is 0.136 e. The highest BCUT2D eigenvalue weighted by Gasteiger charge is 2.42. The van der Waals surface area contributed by atoms with Crippen LogP contribution in [-0.4, -0.2) is 9.38 Å². The molecule has 1 aliphatic rings. The summed E-state index contributed by atoms with van der Waals surface area (Å²) in [6.45, 7) is 9.34. The summed E-state index contributed by atoms with van der Waals surface area (Å²) in [6, 6.07) is 2.25. The predicted molar refractivity (Wildman–Crippen MR) is 65.9 cm³/mol. The minimum Gasteiger partial charge on any atom is -0.307 e. The molecule has 0 amide bonds. The molecule has 0 aromatic carbocycles. The molecule has 0 spiro atoms. The van der Waals surface area contributed by atoms with Gasteiger partial charge in [-0.05, 0) is 34.4 Å². The van der Waals surface area contributed by atoms with Crippen molar-refractivity contribution in [1.29, 1.82) is 0 Å². The average molecular weight is 214 g/mol. The number of nitrogens with zero attached hydrogens (tertiary/aromatic N) is 2. The lowest BCUT2D eigenvalue weighted by molar-refractivity contribution is 0.403. The van der Waals surface area contributed by atoms with Gasteiger partial charge in [0.15, 0.2) is 0 Å². The first-order valence-corrected chi connectivity index (χ1v) is 5.88. The molecular formula is C14H18N2. The third-order valence-electron chi connectivity index (χ3n) is 3.87. The van der Waals surface area contributed by atoms with Crippen LogP contribution in [0.4, 0.5) is 0 Å². The third kappa shape index (κ3) is 1.16. The van der Waals surface area contributed by atoms with E-state index < -0.39 is 0 Å². The Morgan fingerprint density at radius 2 is 1.81 bits per heavy atom. The van der Waals surface area contributed by atoms with E-state index in [9.17, 15) is 0 Å². The minimum atomic E-state index is 0.270. The van der Waals surface area contributed by atoms with Gasteiger partial charge in [0.05, 0.1) is 0 Å². The van der Waals surface area contributed by atoms with Crippen molar-refractivity contribution >= 4 is 5.65 Å². The Morgan fingerprint density at radius 3 is 2.56 bits per heavy atom. The summed E-state index contributed by atoms with van der Waals surface area (Å²) in [5.74, 6) is 0. The summed E-state index contributed by atoms with van der Waals surface area (Å²) in [5, 5.41) is 0. The highest BCUT2D eigenvalue weighted by molar-refractivity contribution is 5.52. The Morgan fingerprint density at radius 1 is 1.12 bits per heavy atom. The predicted octanol–water partition coefficient (Wildman–Crippen LogP) is 3.29. The van der Waals surface area contributed by atoms with Crippen LogP contribution in [0.5, 0.6) is 0 Å². The van der Waals surface area contributed by atoms with Crippen LogP contribution in [-0.2, 0) is 10.8 Å². The van der Waals surface area contributed by atoms with Crippen molar-refractivity contribution in [3.63, 3.8) is 0 Å². The van der Waals surface area contributed by atoms with Gasteiger partial charge < -0.3 is 4.40 Å². The van der Waals surface area contributed by atoms with Gasteiger partial charge in [-0.2, -0.15) is 0 Å². The Balaban J connectivity index is 2.37. The van der Waals surface area contributed by atoms with Crippen molar-refractivity contribution < 1.29 is 0 Å². The van der Waals surface area contributed by atoms with Gasteiger partial charge in [-0.25, -0.2) is 4.98 Å². The monoisotopic (exact) mass is 214 g/mol. The van der Waals surface area contributed by atoms with Gasteiger partial charge in [0, 0.05) is 18.6 Å². The van der Waals surface area contributed by atoms with E-state index in [1.165, 1.54) is 17.5 Å². The molecule has 0 fully saturated rings. The number of aromatic nitrogens is 2. The normalized spacial score (nSPS) is 21.2. The number of imidazole rings is 1. The van der Waals surface area contributed by atoms with Crippen molar-refractivity contribution in [1.82, 2.24) is 9.38 Å². The standard InChI is InChI=1S/C14H18N2/c1-13(2)9-14(3,4)11-8-16-6-5-15-12(16)7-10(11)13/h5-8H,9H2,1-4H3. The van der Waals surface area contributed by atoms with Crippen LogP contribution in [0.2, 0.25) is 0 Å². The molecule has 0 unspecified atom stereocenters. The molecular weight excluding hydrogens is 196 g/mol. The summed E-state index contributed by atoms with van der Waals surface area (Å²) < 4.78 is 2.13. The van der Waals surface area contributed by atoms with E-state index in [0.717, 1.165) is 5.65 Å². The fourth-order valence-corrected chi connectivity index (χ4v) is 3.36. The van der Waals surface area contributed by atoms with E-state index in [1.807, 2.05) is 12.4 Å². The summed E-state index contributed by atoms with van der Waals surface area (Å²) >= 11 is 0. The molecule has 0 saturated heterocycles. The second kappa shape index (κ2) is 2.68. The molecule has 0 atom stereocenters. The van der Waals surface area contributed by atoms with E-state index in [-0.39, 0.29) is 10.8 Å². The lowest BCUT2D eigenvalue weighted by Gasteiger charge is -2.22. The van der Waals surface area contributed by atoms with E-state index in [0.29, 0.717) is 0 Å². The third-order valence-corrected chi connectivity index (χ3v) is 3.87. The summed E-state index contributed by atoms with van der Waals surface area (Å²) in [5.41, 5.74) is 4.55. The van der Waals surface area contributed by atoms with Gasteiger partial charge in [-0.1, -0.05) is 27.7 Å². The molecule has 16 heavy (non-hydrogen) atoms. The highest BCUT2D eigenvalue weighted by atomic mass is 15.0. The van der Waals surface area contributed by atoms with E-state index in [2.05, 4.69) is 49.3 Å². The van der Waals surface area contributed by atoms with Crippen LogP contribution in [0, 0.1) is 0 Å². The Hall–Kier alpha value is -1.31.